The minimum atomic E-state index is -4.65. The van der Waals surface area contributed by atoms with Crippen molar-refractivity contribution in [3.8, 4) is 5.75 Å². The van der Waals surface area contributed by atoms with Crippen molar-refractivity contribution in [2.24, 2.45) is 0 Å². The number of alkyl halides is 6. The van der Waals surface area contributed by atoms with Crippen LogP contribution in [0.1, 0.15) is 11.1 Å². The number of nitrogens with zero attached hydrogens (tertiary/aromatic N) is 2. The SMILES string of the molecule is CNc1nc(Nc2ccc(C(F)(F)F)cc2OC)ncc1C(F)(F)F. The molecule has 25 heavy (non-hydrogen) atoms. The number of hydrogen-bond acceptors (Lipinski definition) is 5. The lowest BCUT2D eigenvalue weighted by Gasteiger charge is -2.15. The van der Waals surface area contributed by atoms with Gasteiger partial charge in [-0.1, -0.05) is 0 Å². The monoisotopic (exact) mass is 366 g/mol. The molecule has 0 spiro atoms. The lowest BCUT2D eigenvalue weighted by Crippen LogP contribution is -2.13. The van der Waals surface area contributed by atoms with E-state index in [-0.39, 0.29) is 17.4 Å². The topological polar surface area (TPSA) is 59.1 Å². The van der Waals surface area contributed by atoms with E-state index < -0.39 is 29.3 Å². The third kappa shape index (κ3) is 4.22. The van der Waals surface area contributed by atoms with E-state index in [1.807, 2.05) is 0 Å². The minimum absolute atomic E-state index is 0.0670. The maximum Gasteiger partial charge on any atom is 0.421 e. The Balaban J connectivity index is 2.37. The molecule has 0 aliphatic rings. The molecule has 0 bridgehead atoms. The second-order valence-electron chi connectivity index (χ2n) is 4.74. The van der Waals surface area contributed by atoms with Gasteiger partial charge in [-0.15, -0.1) is 0 Å². The van der Waals surface area contributed by atoms with E-state index in [0.29, 0.717) is 6.20 Å². The van der Waals surface area contributed by atoms with Crippen LogP contribution < -0.4 is 15.4 Å². The second kappa shape index (κ2) is 6.65. The summed E-state index contributed by atoms with van der Waals surface area (Å²) in [7, 11) is 2.41. The van der Waals surface area contributed by atoms with Crippen LogP contribution in [0.15, 0.2) is 24.4 Å². The molecule has 0 saturated heterocycles. The van der Waals surface area contributed by atoms with Gasteiger partial charge in [-0.2, -0.15) is 31.3 Å². The number of hydrogen-bond donors (Lipinski definition) is 2. The van der Waals surface area contributed by atoms with Crippen LogP contribution in [-0.4, -0.2) is 24.1 Å². The molecule has 136 valence electrons. The molecule has 0 aliphatic heterocycles. The highest BCUT2D eigenvalue weighted by molar-refractivity contribution is 5.64. The first kappa shape index (κ1) is 18.6. The van der Waals surface area contributed by atoms with Gasteiger partial charge in [0.25, 0.3) is 0 Å². The van der Waals surface area contributed by atoms with Crippen LogP contribution >= 0.6 is 0 Å². The molecule has 0 fully saturated rings. The van der Waals surface area contributed by atoms with Crippen LogP contribution in [0.3, 0.4) is 0 Å². The summed E-state index contributed by atoms with van der Waals surface area (Å²) >= 11 is 0. The smallest absolute Gasteiger partial charge is 0.421 e. The summed E-state index contributed by atoms with van der Waals surface area (Å²) < 4.78 is 81.4. The fraction of sp³-hybridized carbons (Fsp3) is 0.286. The molecule has 2 rings (SSSR count). The van der Waals surface area contributed by atoms with E-state index in [2.05, 4.69) is 20.6 Å². The first-order chi connectivity index (χ1) is 11.6. The van der Waals surface area contributed by atoms with E-state index in [1.54, 1.807) is 0 Å². The normalized spacial score (nSPS) is 12.0. The third-order valence-electron chi connectivity index (χ3n) is 3.11. The Bertz CT molecular complexity index is 760. The number of anilines is 3. The highest BCUT2D eigenvalue weighted by Crippen LogP contribution is 2.37. The number of ether oxygens (including phenoxy) is 1. The van der Waals surface area contributed by atoms with E-state index in [0.717, 1.165) is 25.3 Å². The first-order valence-electron chi connectivity index (χ1n) is 6.70. The Hall–Kier alpha value is -2.72. The molecule has 0 unspecified atom stereocenters. The van der Waals surface area contributed by atoms with Crippen LogP contribution in [0.25, 0.3) is 0 Å². The molecule has 2 N–H and O–H groups in total. The molecule has 2 aromatic rings. The minimum Gasteiger partial charge on any atom is -0.495 e. The van der Waals surface area contributed by atoms with Gasteiger partial charge < -0.3 is 15.4 Å². The first-order valence-corrected chi connectivity index (χ1v) is 6.70. The molecule has 0 amide bonds. The van der Waals surface area contributed by atoms with Crippen molar-refractivity contribution in [2.45, 2.75) is 12.4 Å². The number of halogens is 6. The molecule has 0 saturated carbocycles. The quantitative estimate of drug-likeness (QED) is 0.790. The van der Waals surface area contributed by atoms with Crippen molar-refractivity contribution in [2.75, 3.05) is 24.8 Å². The van der Waals surface area contributed by atoms with E-state index in [4.69, 9.17) is 4.74 Å². The summed E-state index contributed by atoms with van der Waals surface area (Å²) in [5, 5.41) is 4.83. The fourth-order valence-corrected chi connectivity index (χ4v) is 1.93. The van der Waals surface area contributed by atoms with Gasteiger partial charge in [-0.05, 0) is 18.2 Å². The highest BCUT2D eigenvalue weighted by atomic mass is 19.4. The summed E-state index contributed by atoms with van der Waals surface area (Å²) in [6.45, 7) is 0. The summed E-state index contributed by atoms with van der Waals surface area (Å²) in [6, 6.07) is 2.63. The van der Waals surface area contributed by atoms with Gasteiger partial charge >= 0.3 is 12.4 Å². The van der Waals surface area contributed by atoms with Crippen molar-refractivity contribution in [3.63, 3.8) is 0 Å². The van der Waals surface area contributed by atoms with Crippen molar-refractivity contribution < 1.29 is 31.1 Å². The van der Waals surface area contributed by atoms with Crippen LogP contribution in [0.5, 0.6) is 5.75 Å². The fourth-order valence-electron chi connectivity index (χ4n) is 1.93. The van der Waals surface area contributed by atoms with Gasteiger partial charge in [0.15, 0.2) is 0 Å². The van der Waals surface area contributed by atoms with Gasteiger partial charge in [0.2, 0.25) is 5.95 Å². The summed E-state index contributed by atoms with van der Waals surface area (Å²) in [4.78, 5) is 7.20. The Labute approximate surface area is 138 Å². The predicted octanol–water partition coefficient (Wildman–Crippen LogP) is 4.31. The molecule has 5 nitrogen and oxygen atoms in total. The number of benzene rings is 1. The van der Waals surface area contributed by atoms with Crippen LogP contribution in [0.2, 0.25) is 0 Å². The molecule has 11 heteroatoms. The second-order valence-corrected chi connectivity index (χ2v) is 4.74. The van der Waals surface area contributed by atoms with Crippen molar-refractivity contribution in [3.05, 3.63) is 35.5 Å². The number of nitrogens with one attached hydrogen (secondary N) is 2. The summed E-state index contributed by atoms with van der Waals surface area (Å²) in [5.41, 5.74) is -1.93. The maximum absolute atomic E-state index is 12.8. The van der Waals surface area contributed by atoms with Crippen molar-refractivity contribution in [1.82, 2.24) is 9.97 Å². The van der Waals surface area contributed by atoms with Gasteiger partial charge in [-0.3, -0.25) is 0 Å². The molecule has 0 aliphatic carbocycles. The Morgan fingerprint density at radius 3 is 2.24 bits per heavy atom. The standard InChI is InChI=1S/C14H12F6N4O/c1-21-11-8(14(18,19)20)6-22-12(24-11)23-9-4-3-7(13(15,16)17)5-10(9)25-2/h3-6H,1-2H3,(H2,21,22,23,24). The number of rotatable bonds is 4. The average Bonchev–Trinajstić information content (AvgIpc) is 2.53. The van der Waals surface area contributed by atoms with E-state index in [9.17, 15) is 26.3 Å². The van der Waals surface area contributed by atoms with Crippen LogP contribution in [-0.2, 0) is 12.4 Å². The highest BCUT2D eigenvalue weighted by Gasteiger charge is 2.35. The maximum atomic E-state index is 12.8. The van der Waals surface area contributed by atoms with Crippen LogP contribution in [0.4, 0.5) is 43.8 Å². The van der Waals surface area contributed by atoms with Gasteiger partial charge in [0, 0.05) is 13.2 Å². The molecule has 0 radical (unpaired) electrons. The molecule has 1 heterocycles. The van der Waals surface area contributed by atoms with Gasteiger partial charge in [0.1, 0.15) is 17.1 Å². The molecule has 1 aromatic heterocycles. The number of aromatic nitrogens is 2. The zero-order chi connectivity index (χ0) is 18.8. The molecular weight excluding hydrogens is 354 g/mol. The lowest BCUT2D eigenvalue weighted by atomic mass is 10.2. The summed E-state index contributed by atoms with van der Waals surface area (Å²) in [5.74, 6) is -0.879. The van der Waals surface area contributed by atoms with E-state index in [1.165, 1.54) is 7.05 Å². The van der Waals surface area contributed by atoms with Gasteiger partial charge in [0.05, 0.1) is 18.4 Å². The third-order valence-corrected chi connectivity index (χ3v) is 3.11. The van der Waals surface area contributed by atoms with Gasteiger partial charge in [-0.25, -0.2) is 4.98 Å². The van der Waals surface area contributed by atoms with E-state index >= 15 is 0 Å². The Morgan fingerprint density at radius 1 is 1.04 bits per heavy atom. The Morgan fingerprint density at radius 2 is 1.72 bits per heavy atom. The lowest BCUT2D eigenvalue weighted by molar-refractivity contribution is -0.138. The zero-order valence-corrected chi connectivity index (χ0v) is 12.9. The predicted molar refractivity (Wildman–Crippen MR) is 77.9 cm³/mol. The average molecular weight is 366 g/mol. The van der Waals surface area contributed by atoms with Crippen molar-refractivity contribution in [1.29, 1.82) is 0 Å². The molecule has 1 aromatic carbocycles. The molecular formula is C14H12F6N4O. The number of methoxy groups -OCH3 is 1. The van der Waals surface area contributed by atoms with Crippen molar-refractivity contribution >= 4 is 17.5 Å². The largest absolute Gasteiger partial charge is 0.495 e. The zero-order valence-electron chi connectivity index (χ0n) is 12.9. The summed E-state index contributed by atoms with van der Waals surface area (Å²) in [6.07, 6.45) is -8.64. The Kier molecular flexibility index (Phi) is 4.95. The van der Waals surface area contributed by atoms with Crippen LogP contribution in [0, 0.1) is 0 Å². The molecule has 0 atom stereocenters.